The molecule has 6 rings (SSSR count). The number of esters is 1. The zero-order valence-corrected chi connectivity index (χ0v) is 21.8. The van der Waals surface area contributed by atoms with Gasteiger partial charge in [-0.2, -0.15) is 0 Å². The van der Waals surface area contributed by atoms with Crippen molar-refractivity contribution < 1.29 is 14.6 Å². The van der Waals surface area contributed by atoms with E-state index < -0.39 is 11.6 Å². The fourth-order valence-corrected chi connectivity index (χ4v) is 7.22. The fourth-order valence-electron chi connectivity index (χ4n) is 5.99. The molecule has 0 spiro atoms. The van der Waals surface area contributed by atoms with Crippen LogP contribution < -0.4 is 5.56 Å². The van der Waals surface area contributed by atoms with E-state index >= 15 is 0 Å². The van der Waals surface area contributed by atoms with Crippen LogP contribution >= 0.6 is 11.8 Å². The summed E-state index contributed by atoms with van der Waals surface area (Å²) < 4.78 is 6.95. The van der Waals surface area contributed by atoms with Crippen LogP contribution in [0.15, 0.2) is 27.9 Å². The second-order valence-corrected chi connectivity index (χ2v) is 10.9. The minimum atomic E-state index is -1.81. The largest absolute Gasteiger partial charge is 0.458 e. The number of thioether (sulfide) groups is 1. The zero-order chi connectivity index (χ0) is 25.2. The molecule has 0 radical (unpaired) electrons. The van der Waals surface area contributed by atoms with Gasteiger partial charge in [0.25, 0.3) is 5.56 Å². The second-order valence-electron chi connectivity index (χ2n) is 9.84. The van der Waals surface area contributed by atoms with E-state index in [0.29, 0.717) is 23.4 Å². The first-order chi connectivity index (χ1) is 17.4. The lowest BCUT2D eigenvalue weighted by Gasteiger charge is -2.31. The molecule has 1 atom stereocenters. The molecule has 0 aliphatic carbocycles. The topological polar surface area (TPSA) is 84.7 Å². The number of likely N-dealkylation sites (N-methyl/N-ethyl adjacent to an activating group) is 1. The minimum absolute atomic E-state index is 0.106. The zero-order valence-electron chi connectivity index (χ0n) is 21.0. The normalized spacial score (nSPS) is 19.9. The molecule has 0 bridgehead atoms. The van der Waals surface area contributed by atoms with Crippen molar-refractivity contribution in [2.45, 2.75) is 63.7 Å². The van der Waals surface area contributed by atoms with Crippen molar-refractivity contribution >= 4 is 28.6 Å². The Morgan fingerprint density at radius 3 is 2.72 bits per heavy atom. The van der Waals surface area contributed by atoms with Gasteiger partial charge < -0.3 is 19.3 Å². The summed E-state index contributed by atoms with van der Waals surface area (Å²) in [6, 6.07) is 6.13. The van der Waals surface area contributed by atoms with Gasteiger partial charge in [0.05, 0.1) is 29.0 Å². The number of carbonyl (C=O) groups is 1. The summed E-state index contributed by atoms with van der Waals surface area (Å²) in [6.45, 7) is 9.62. The van der Waals surface area contributed by atoms with Crippen LogP contribution in [0.25, 0.3) is 22.3 Å². The molecule has 0 amide bonds. The number of aryl methyl sites for hydroxylation is 1. The standard InChI is InChI=1S/C28H31N3O4S/c1-4-28(34)20-13-22-24-18(14-31(22)26(32)19(20)15-35-27(28)33)17-10-12-36-25-16(9-11-30(5-2)6-3)7-8-21(29-24)23(17)25/h7-8,13,34H,4-6,9-12,14-15H2,1-3H3. The Kier molecular flexibility index (Phi) is 5.74. The average molecular weight is 506 g/mol. The number of fused-ring (bicyclic) bond motifs is 5. The van der Waals surface area contributed by atoms with Crippen molar-refractivity contribution in [3.8, 4) is 11.4 Å². The number of aliphatic hydroxyl groups is 1. The number of pyridine rings is 2. The molecule has 0 fully saturated rings. The van der Waals surface area contributed by atoms with Crippen molar-refractivity contribution in [3.63, 3.8) is 0 Å². The summed E-state index contributed by atoms with van der Waals surface area (Å²) in [6.07, 6.45) is 2.08. The highest BCUT2D eigenvalue weighted by molar-refractivity contribution is 7.99. The van der Waals surface area contributed by atoms with Gasteiger partial charge in [-0.1, -0.05) is 26.8 Å². The van der Waals surface area contributed by atoms with Gasteiger partial charge in [0.1, 0.15) is 6.61 Å². The third-order valence-electron chi connectivity index (χ3n) is 8.19. The first kappa shape index (κ1) is 23.7. The molecule has 0 saturated heterocycles. The first-order valence-corrected chi connectivity index (χ1v) is 13.9. The molecule has 5 heterocycles. The van der Waals surface area contributed by atoms with Crippen LogP contribution in [0.5, 0.6) is 0 Å². The number of cyclic esters (lactones) is 1. The van der Waals surface area contributed by atoms with Crippen LogP contribution in [0.1, 0.15) is 55.0 Å². The number of aromatic nitrogens is 2. The third-order valence-corrected chi connectivity index (χ3v) is 9.36. The van der Waals surface area contributed by atoms with E-state index in [0.717, 1.165) is 55.0 Å². The number of rotatable bonds is 6. The molecule has 3 aliphatic rings. The maximum atomic E-state index is 13.5. The predicted molar refractivity (Wildman–Crippen MR) is 140 cm³/mol. The van der Waals surface area contributed by atoms with E-state index in [1.165, 1.54) is 21.4 Å². The molecular formula is C28H31N3O4S. The molecule has 3 aromatic rings. The summed E-state index contributed by atoms with van der Waals surface area (Å²) in [7, 11) is 0. The van der Waals surface area contributed by atoms with Crippen LogP contribution in [0.4, 0.5) is 0 Å². The highest BCUT2D eigenvalue weighted by atomic mass is 32.2. The maximum Gasteiger partial charge on any atom is 0.343 e. The van der Waals surface area contributed by atoms with E-state index in [4.69, 9.17) is 9.72 Å². The smallest absolute Gasteiger partial charge is 0.343 e. The lowest BCUT2D eigenvalue weighted by Crippen LogP contribution is -2.44. The van der Waals surface area contributed by atoms with Crippen LogP contribution in [0.3, 0.4) is 0 Å². The molecular weight excluding hydrogens is 474 g/mol. The van der Waals surface area contributed by atoms with Crippen molar-refractivity contribution in [1.29, 1.82) is 0 Å². The predicted octanol–water partition coefficient (Wildman–Crippen LogP) is 3.61. The summed E-state index contributed by atoms with van der Waals surface area (Å²) in [5.41, 5.74) is 4.88. The first-order valence-electron chi connectivity index (χ1n) is 12.9. The average Bonchev–Trinajstić information content (AvgIpc) is 3.27. The van der Waals surface area contributed by atoms with Gasteiger partial charge in [0, 0.05) is 33.7 Å². The third kappa shape index (κ3) is 3.31. The summed E-state index contributed by atoms with van der Waals surface area (Å²) in [5.74, 6) is 0.307. The van der Waals surface area contributed by atoms with Crippen LogP contribution in [-0.4, -0.2) is 50.9 Å². The molecule has 1 aromatic carbocycles. The van der Waals surface area contributed by atoms with Crippen LogP contribution in [0, 0.1) is 0 Å². The SMILES string of the molecule is CCN(CC)CCc1ccc2nc3c(c4c2c1SCC4)Cn1c-3cc2c(c1=O)COC(=O)C2(O)CC. The van der Waals surface area contributed by atoms with Crippen molar-refractivity contribution in [2.24, 2.45) is 0 Å². The Morgan fingerprint density at radius 2 is 1.97 bits per heavy atom. The van der Waals surface area contributed by atoms with E-state index in [1.807, 2.05) is 11.8 Å². The second kappa shape index (κ2) is 8.71. The summed E-state index contributed by atoms with van der Waals surface area (Å²) >= 11 is 1.92. The van der Waals surface area contributed by atoms with Gasteiger partial charge in [0.2, 0.25) is 0 Å². The van der Waals surface area contributed by atoms with Crippen molar-refractivity contribution in [2.75, 3.05) is 25.4 Å². The van der Waals surface area contributed by atoms with Crippen molar-refractivity contribution in [3.05, 3.63) is 56.4 Å². The number of benzene rings is 1. The van der Waals surface area contributed by atoms with Crippen molar-refractivity contribution in [1.82, 2.24) is 14.5 Å². The Morgan fingerprint density at radius 1 is 1.17 bits per heavy atom. The molecule has 1 N–H and O–H groups in total. The van der Waals surface area contributed by atoms with Crippen LogP contribution in [0.2, 0.25) is 0 Å². The highest BCUT2D eigenvalue weighted by Gasteiger charge is 2.45. The van der Waals surface area contributed by atoms with Gasteiger partial charge in [-0.05, 0) is 55.6 Å². The number of carbonyl (C=O) groups excluding carboxylic acids is 1. The van der Waals surface area contributed by atoms with E-state index in [-0.39, 0.29) is 18.6 Å². The Balaban J connectivity index is 1.51. The quantitative estimate of drug-likeness (QED) is 0.401. The summed E-state index contributed by atoms with van der Waals surface area (Å²) in [5, 5.41) is 12.4. The number of hydrogen-bond acceptors (Lipinski definition) is 7. The molecule has 0 saturated carbocycles. The monoisotopic (exact) mass is 505 g/mol. The summed E-state index contributed by atoms with van der Waals surface area (Å²) in [4.78, 5) is 34.8. The number of ether oxygens (including phenoxy) is 1. The number of nitrogens with zero attached hydrogens (tertiary/aromatic N) is 3. The minimum Gasteiger partial charge on any atom is -0.458 e. The number of hydrogen-bond donors (Lipinski definition) is 1. The van der Waals surface area contributed by atoms with Gasteiger partial charge in [0.15, 0.2) is 5.60 Å². The van der Waals surface area contributed by atoms with Crippen LogP contribution in [-0.2, 0) is 41.1 Å². The molecule has 188 valence electrons. The van der Waals surface area contributed by atoms with Gasteiger partial charge >= 0.3 is 5.97 Å². The lowest BCUT2D eigenvalue weighted by atomic mass is 9.86. The fraction of sp³-hybridized carbons (Fsp3) is 0.464. The molecule has 36 heavy (non-hydrogen) atoms. The van der Waals surface area contributed by atoms with Gasteiger partial charge in [-0.3, -0.25) is 4.79 Å². The van der Waals surface area contributed by atoms with E-state index in [9.17, 15) is 14.7 Å². The van der Waals surface area contributed by atoms with E-state index in [1.54, 1.807) is 17.6 Å². The Bertz CT molecular complexity index is 1480. The molecule has 8 heteroatoms. The van der Waals surface area contributed by atoms with E-state index in [2.05, 4.69) is 30.9 Å². The maximum absolute atomic E-state index is 13.5. The van der Waals surface area contributed by atoms with Gasteiger partial charge in [-0.15, -0.1) is 11.8 Å². The molecule has 1 unspecified atom stereocenters. The highest BCUT2D eigenvalue weighted by Crippen LogP contribution is 2.45. The Hall–Kier alpha value is -2.68. The van der Waals surface area contributed by atoms with Gasteiger partial charge in [-0.25, -0.2) is 9.78 Å². The molecule has 3 aliphatic heterocycles. The lowest BCUT2D eigenvalue weighted by molar-refractivity contribution is -0.172. The molecule has 2 aromatic heterocycles. The Labute approximate surface area is 214 Å². The molecule has 7 nitrogen and oxygen atoms in total.